The maximum Gasteiger partial charge on any atom is 0.308 e. The van der Waals surface area contributed by atoms with E-state index in [4.69, 9.17) is 33.0 Å². The van der Waals surface area contributed by atoms with Crippen LogP contribution in [-0.2, 0) is 11.4 Å². The molecule has 0 spiro atoms. The normalized spacial score (nSPS) is 10.0. The van der Waals surface area contributed by atoms with E-state index < -0.39 is 5.97 Å². The summed E-state index contributed by atoms with van der Waals surface area (Å²) in [7, 11) is 0. The molecule has 5 heteroatoms. The highest BCUT2D eigenvalue weighted by molar-refractivity contribution is 6.37. The average molecular weight is 235 g/mol. The highest BCUT2D eigenvalue weighted by Crippen LogP contribution is 2.35. The highest BCUT2D eigenvalue weighted by atomic mass is 35.5. The highest BCUT2D eigenvalue weighted by Gasteiger charge is 2.13. The van der Waals surface area contributed by atoms with E-state index in [2.05, 4.69) is 0 Å². The van der Waals surface area contributed by atoms with E-state index in [0.717, 1.165) is 0 Å². The summed E-state index contributed by atoms with van der Waals surface area (Å²) < 4.78 is 4.80. The molecule has 14 heavy (non-hydrogen) atoms. The lowest BCUT2D eigenvalue weighted by Crippen LogP contribution is -2.03. The van der Waals surface area contributed by atoms with Crippen molar-refractivity contribution < 1.29 is 14.6 Å². The zero-order valence-electron chi connectivity index (χ0n) is 7.38. The molecule has 0 fully saturated rings. The lowest BCUT2D eigenvalue weighted by molar-refractivity contribution is -0.131. The van der Waals surface area contributed by atoms with Crippen LogP contribution in [0, 0.1) is 0 Å². The van der Waals surface area contributed by atoms with Crippen LogP contribution < -0.4 is 4.74 Å². The van der Waals surface area contributed by atoms with Gasteiger partial charge in [0.1, 0.15) is 0 Å². The van der Waals surface area contributed by atoms with E-state index in [1.807, 2.05) is 0 Å². The molecule has 1 aromatic carbocycles. The second kappa shape index (κ2) is 4.64. The predicted octanol–water partition coefficient (Wildman–Crippen LogP) is 2.41. The number of ether oxygens (including phenoxy) is 1. The topological polar surface area (TPSA) is 46.5 Å². The van der Waals surface area contributed by atoms with Gasteiger partial charge in [0.05, 0.1) is 16.7 Å². The van der Waals surface area contributed by atoms with E-state index in [1.165, 1.54) is 13.0 Å². The number of aliphatic hydroxyl groups is 1. The van der Waals surface area contributed by atoms with Crippen LogP contribution in [0.2, 0.25) is 10.0 Å². The van der Waals surface area contributed by atoms with Crippen LogP contribution in [0.5, 0.6) is 5.75 Å². The maximum atomic E-state index is 10.7. The Kier molecular flexibility index (Phi) is 3.75. The fourth-order valence-corrected chi connectivity index (χ4v) is 1.44. The standard InChI is InChI=1S/C9H8Cl2O3/c1-5(13)14-9-7(10)3-2-6(4-12)8(9)11/h2-3,12H,4H2,1H3. The number of benzene rings is 1. The number of carbonyl (C=O) groups is 1. The molecule has 0 saturated heterocycles. The molecule has 0 unspecified atom stereocenters. The van der Waals surface area contributed by atoms with E-state index >= 15 is 0 Å². The Hall–Kier alpha value is -0.770. The van der Waals surface area contributed by atoms with Gasteiger partial charge >= 0.3 is 5.97 Å². The molecule has 0 radical (unpaired) electrons. The van der Waals surface area contributed by atoms with E-state index in [-0.39, 0.29) is 22.4 Å². The van der Waals surface area contributed by atoms with Crippen molar-refractivity contribution >= 4 is 29.2 Å². The van der Waals surface area contributed by atoms with Crippen molar-refractivity contribution in [2.24, 2.45) is 0 Å². The first-order valence-electron chi connectivity index (χ1n) is 3.82. The summed E-state index contributed by atoms with van der Waals surface area (Å²) in [5.41, 5.74) is 0.465. The molecule has 0 saturated carbocycles. The summed E-state index contributed by atoms with van der Waals surface area (Å²) >= 11 is 11.6. The van der Waals surface area contributed by atoms with Crippen LogP contribution in [0.1, 0.15) is 12.5 Å². The third kappa shape index (κ3) is 2.38. The number of aliphatic hydroxyl groups excluding tert-OH is 1. The summed E-state index contributed by atoms with van der Waals surface area (Å²) in [6.45, 7) is 1.02. The Morgan fingerprint density at radius 2 is 2.14 bits per heavy atom. The van der Waals surface area contributed by atoms with Crippen LogP contribution in [0.25, 0.3) is 0 Å². The lowest BCUT2D eigenvalue weighted by Gasteiger charge is -2.08. The van der Waals surface area contributed by atoms with Crippen molar-refractivity contribution in [2.75, 3.05) is 0 Å². The van der Waals surface area contributed by atoms with Crippen LogP contribution in [0.3, 0.4) is 0 Å². The number of esters is 1. The Morgan fingerprint density at radius 3 is 2.64 bits per heavy atom. The van der Waals surface area contributed by atoms with Crippen molar-refractivity contribution in [2.45, 2.75) is 13.5 Å². The van der Waals surface area contributed by atoms with Gasteiger partial charge in [0.15, 0.2) is 5.75 Å². The molecule has 1 N–H and O–H groups in total. The second-order valence-electron chi connectivity index (χ2n) is 2.60. The molecule has 3 nitrogen and oxygen atoms in total. The molecule has 0 atom stereocenters. The molecule has 0 bridgehead atoms. The number of rotatable bonds is 2. The van der Waals surface area contributed by atoms with E-state index in [1.54, 1.807) is 6.07 Å². The number of hydrogen-bond acceptors (Lipinski definition) is 3. The minimum atomic E-state index is -0.510. The Balaban J connectivity index is 3.18. The van der Waals surface area contributed by atoms with Crippen molar-refractivity contribution in [1.82, 2.24) is 0 Å². The molecule has 0 aliphatic rings. The number of halogens is 2. The summed E-state index contributed by atoms with van der Waals surface area (Å²) in [6.07, 6.45) is 0. The minimum absolute atomic E-state index is 0.0902. The van der Waals surface area contributed by atoms with Gasteiger partial charge in [0.2, 0.25) is 0 Å². The molecular formula is C9H8Cl2O3. The fourth-order valence-electron chi connectivity index (χ4n) is 0.933. The van der Waals surface area contributed by atoms with Gasteiger partial charge in [0, 0.05) is 6.92 Å². The third-order valence-corrected chi connectivity index (χ3v) is 2.26. The van der Waals surface area contributed by atoms with Crippen molar-refractivity contribution in [1.29, 1.82) is 0 Å². The number of hydrogen-bond donors (Lipinski definition) is 1. The molecule has 0 aromatic heterocycles. The van der Waals surface area contributed by atoms with Crippen LogP contribution in [0.15, 0.2) is 12.1 Å². The second-order valence-corrected chi connectivity index (χ2v) is 3.39. The Labute approximate surface area is 91.2 Å². The molecule has 0 amide bonds. The SMILES string of the molecule is CC(=O)Oc1c(Cl)ccc(CO)c1Cl. The van der Waals surface area contributed by atoms with Gasteiger partial charge in [-0.05, 0) is 11.6 Å². The molecule has 0 aliphatic carbocycles. The molecule has 0 heterocycles. The first-order valence-corrected chi connectivity index (χ1v) is 4.58. The van der Waals surface area contributed by atoms with Crippen LogP contribution in [-0.4, -0.2) is 11.1 Å². The van der Waals surface area contributed by atoms with Crippen molar-refractivity contribution in [3.8, 4) is 5.75 Å². The minimum Gasteiger partial charge on any atom is -0.424 e. The van der Waals surface area contributed by atoms with Crippen LogP contribution in [0.4, 0.5) is 0 Å². The summed E-state index contributed by atoms with van der Waals surface area (Å²) in [4.78, 5) is 10.7. The summed E-state index contributed by atoms with van der Waals surface area (Å²) in [5, 5.41) is 9.30. The smallest absolute Gasteiger partial charge is 0.308 e. The van der Waals surface area contributed by atoms with Crippen LogP contribution >= 0.6 is 23.2 Å². The van der Waals surface area contributed by atoms with Gasteiger partial charge in [-0.3, -0.25) is 4.79 Å². The summed E-state index contributed by atoms with van der Waals surface area (Å²) in [5.74, 6) is -0.420. The molecule has 1 aromatic rings. The first kappa shape index (κ1) is 11.3. The lowest BCUT2D eigenvalue weighted by atomic mass is 10.2. The molecular weight excluding hydrogens is 227 g/mol. The van der Waals surface area contributed by atoms with Crippen molar-refractivity contribution in [3.05, 3.63) is 27.7 Å². The zero-order valence-corrected chi connectivity index (χ0v) is 8.89. The van der Waals surface area contributed by atoms with Gasteiger partial charge in [-0.25, -0.2) is 0 Å². The van der Waals surface area contributed by atoms with Gasteiger partial charge in [0.25, 0.3) is 0 Å². The fraction of sp³-hybridized carbons (Fsp3) is 0.222. The summed E-state index contributed by atoms with van der Waals surface area (Å²) in [6, 6.07) is 3.08. The van der Waals surface area contributed by atoms with E-state index in [9.17, 15) is 4.79 Å². The monoisotopic (exact) mass is 234 g/mol. The van der Waals surface area contributed by atoms with Gasteiger partial charge in [-0.15, -0.1) is 0 Å². The molecule has 76 valence electrons. The molecule has 0 aliphatic heterocycles. The van der Waals surface area contributed by atoms with E-state index in [0.29, 0.717) is 5.56 Å². The Bertz CT molecular complexity index is 363. The first-order chi connectivity index (χ1) is 6.56. The largest absolute Gasteiger partial charge is 0.424 e. The average Bonchev–Trinajstić information content (AvgIpc) is 2.12. The third-order valence-electron chi connectivity index (χ3n) is 1.55. The quantitative estimate of drug-likeness (QED) is 0.632. The predicted molar refractivity (Wildman–Crippen MR) is 53.7 cm³/mol. The van der Waals surface area contributed by atoms with Gasteiger partial charge in [-0.1, -0.05) is 29.3 Å². The van der Waals surface area contributed by atoms with Gasteiger partial charge < -0.3 is 9.84 Å². The Morgan fingerprint density at radius 1 is 1.50 bits per heavy atom. The van der Waals surface area contributed by atoms with Crippen molar-refractivity contribution in [3.63, 3.8) is 0 Å². The zero-order chi connectivity index (χ0) is 10.7. The van der Waals surface area contributed by atoms with Gasteiger partial charge in [-0.2, -0.15) is 0 Å². The maximum absolute atomic E-state index is 10.7. The number of carbonyl (C=O) groups excluding carboxylic acids is 1. The molecule has 1 rings (SSSR count).